The molecule has 0 aromatic heterocycles. The van der Waals surface area contributed by atoms with Crippen molar-refractivity contribution in [1.29, 1.82) is 0 Å². The van der Waals surface area contributed by atoms with E-state index in [4.69, 9.17) is 0 Å². The number of anilines is 2. The second kappa shape index (κ2) is 7.92. The molecule has 2 aromatic carbocycles. The summed E-state index contributed by atoms with van der Waals surface area (Å²) in [4.78, 5) is 35.4. The van der Waals surface area contributed by atoms with Gasteiger partial charge in [-0.05, 0) is 43.2 Å². The lowest BCUT2D eigenvalue weighted by Gasteiger charge is -2.09. The Hall–Kier alpha value is -3.15. The second-order valence-electron chi connectivity index (χ2n) is 5.37. The molecule has 0 unspecified atom stereocenters. The van der Waals surface area contributed by atoms with Crippen molar-refractivity contribution in [2.75, 3.05) is 17.2 Å². The van der Waals surface area contributed by atoms with Crippen LogP contribution in [0.3, 0.4) is 0 Å². The molecular weight excluding hydrogens is 306 g/mol. The molecule has 0 aliphatic rings. The molecule has 0 saturated heterocycles. The molecule has 0 heterocycles. The van der Waals surface area contributed by atoms with E-state index in [1.165, 1.54) is 0 Å². The Bertz CT molecular complexity index is 772. The van der Waals surface area contributed by atoms with E-state index < -0.39 is 17.7 Å². The molecule has 2 aromatic rings. The third-order valence-corrected chi connectivity index (χ3v) is 3.31. The van der Waals surface area contributed by atoms with Crippen LogP contribution in [0, 0.1) is 13.8 Å². The fraction of sp³-hybridized carbons (Fsp3) is 0.167. The molecule has 6 heteroatoms. The molecule has 2 rings (SSSR count). The van der Waals surface area contributed by atoms with Crippen molar-refractivity contribution in [3.63, 3.8) is 0 Å². The van der Waals surface area contributed by atoms with Gasteiger partial charge in [-0.15, -0.1) is 0 Å². The van der Waals surface area contributed by atoms with Gasteiger partial charge >= 0.3 is 11.8 Å². The van der Waals surface area contributed by atoms with Crippen LogP contribution in [0.5, 0.6) is 0 Å². The van der Waals surface area contributed by atoms with Gasteiger partial charge in [0.15, 0.2) is 0 Å². The largest absolute Gasteiger partial charge is 0.339 e. The topological polar surface area (TPSA) is 87.3 Å². The summed E-state index contributed by atoms with van der Waals surface area (Å²) < 4.78 is 0. The Morgan fingerprint density at radius 2 is 1.62 bits per heavy atom. The van der Waals surface area contributed by atoms with Crippen LogP contribution in [0.1, 0.15) is 11.1 Å². The highest BCUT2D eigenvalue weighted by atomic mass is 16.2. The fourth-order valence-corrected chi connectivity index (χ4v) is 2.06. The second-order valence-corrected chi connectivity index (χ2v) is 5.37. The summed E-state index contributed by atoms with van der Waals surface area (Å²) in [6.45, 7) is 3.46. The zero-order chi connectivity index (χ0) is 17.5. The van der Waals surface area contributed by atoms with Gasteiger partial charge in [-0.2, -0.15) is 0 Å². The fourth-order valence-electron chi connectivity index (χ4n) is 2.06. The first kappa shape index (κ1) is 17.2. The summed E-state index contributed by atoms with van der Waals surface area (Å²) in [5, 5.41) is 7.45. The predicted octanol–water partition coefficient (Wildman–Crippen LogP) is 2.00. The summed E-state index contributed by atoms with van der Waals surface area (Å²) in [5.41, 5.74) is 3.07. The maximum Gasteiger partial charge on any atom is 0.313 e. The molecule has 3 N–H and O–H groups in total. The van der Waals surface area contributed by atoms with E-state index in [1.807, 2.05) is 32.0 Å². The molecule has 3 amide bonds. The first-order valence-electron chi connectivity index (χ1n) is 7.47. The van der Waals surface area contributed by atoms with E-state index >= 15 is 0 Å². The molecule has 24 heavy (non-hydrogen) atoms. The molecule has 0 fully saturated rings. The average Bonchev–Trinajstić information content (AvgIpc) is 2.54. The lowest BCUT2D eigenvalue weighted by molar-refractivity contribution is -0.136. The number of amides is 3. The van der Waals surface area contributed by atoms with Gasteiger partial charge < -0.3 is 16.0 Å². The quantitative estimate of drug-likeness (QED) is 0.751. The minimum atomic E-state index is -0.864. The average molecular weight is 325 g/mol. The van der Waals surface area contributed by atoms with Crippen LogP contribution in [0.2, 0.25) is 0 Å². The smallest absolute Gasteiger partial charge is 0.313 e. The van der Waals surface area contributed by atoms with Crippen LogP contribution >= 0.6 is 0 Å². The molecule has 0 aliphatic heterocycles. The Balaban J connectivity index is 1.83. The van der Waals surface area contributed by atoms with Gasteiger partial charge in [0.05, 0.1) is 6.54 Å². The number of hydrogen-bond donors (Lipinski definition) is 3. The first-order valence-corrected chi connectivity index (χ1v) is 7.47. The lowest BCUT2D eigenvalue weighted by Crippen LogP contribution is -2.39. The number of benzene rings is 2. The molecule has 6 nitrogen and oxygen atoms in total. The van der Waals surface area contributed by atoms with E-state index in [2.05, 4.69) is 16.0 Å². The number of rotatable bonds is 4. The number of aryl methyl sites for hydroxylation is 2. The van der Waals surface area contributed by atoms with Gasteiger partial charge in [-0.25, -0.2) is 0 Å². The van der Waals surface area contributed by atoms with Crippen LogP contribution in [0.25, 0.3) is 0 Å². The molecule has 0 aliphatic carbocycles. The zero-order valence-electron chi connectivity index (χ0n) is 13.6. The van der Waals surface area contributed by atoms with Gasteiger partial charge in [0.1, 0.15) is 0 Å². The Kier molecular flexibility index (Phi) is 5.68. The number of carbonyl (C=O) groups excluding carboxylic acids is 3. The Labute approximate surface area is 140 Å². The maximum absolute atomic E-state index is 11.8. The van der Waals surface area contributed by atoms with E-state index in [9.17, 15) is 14.4 Å². The molecule has 124 valence electrons. The van der Waals surface area contributed by atoms with Crippen LogP contribution in [-0.4, -0.2) is 24.3 Å². The van der Waals surface area contributed by atoms with Gasteiger partial charge in [0, 0.05) is 11.4 Å². The molecule has 0 saturated carbocycles. The van der Waals surface area contributed by atoms with Crippen LogP contribution in [0.4, 0.5) is 11.4 Å². The lowest BCUT2D eigenvalue weighted by atomic mass is 10.2. The highest BCUT2D eigenvalue weighted by molar-refractivity contribution is 6.39. The van der Waals surface area contributed by atoms with Crippen LogP contribution in [0.15, 0.2) is 48.5 Å². The summed E-state index contributed by atoms with van der Waals surface area (Å²) >= 11 is 0. The predicted molar refractivity (Wildman–Crippen MR) is 92.6 cm³/mol. The van der Waals surface area contributed by atoms with Crippen molar-refractivity contribution in [3.05, 3.63) is 59.7 Å². The molecular formula is C18H19N3O3. The summed E-state index contributed by atoms with van der Waals surface area (Å²) in [7, 11) is 0. The van der Waals surface area contributed by atoms with Crippen molar-refractivity contribution in [2.24, 2.45) is 0 Å². The summed E-state index contributed by atoms with van der Waals surface area (Å²) in [6, 6.07) is 14.4. The van der Waals surface area contributed by atoms with Crippen molar-refractivity contribution in [2.45, 2.75) is 13.8 Å². The minimum absolute atomic E-state index is 0.283. The van der Waals surface area contributed by atoms with Crippen LogP contribution < -0.4 is 16.0 Å². The summed E-state index contributed by atoms with van der Waals surface area (Å²) in [5.74, 6) is -2.08. The highest BCUT2D eigenvalue weighted by Gasteiger charge is 2.15. The monoisotopic (exact) mass is 325 g/mol. The third kappa shape index (κ3) is 4.95. The van der Waals surface area contributed by atoms with E-state index in [0.29, 0.717) is 11.4 Å². The van der Waals surface area contributed by atoms with Crippen molar-refractivity contribution < 1.29 is 14.4 Å². The molecule has 0 radical (unpaired) electrons. The SMILES string of the molecule is Cc1cccc(NC(=O)C(=O)NCC(=O)Nc2ccccc2C)c1. The van der Waals surface area contributed by atoms with E-state index in [0.717, 1.165) is 11.1 Å². The van der Waals surface area contributed by atoms with Crippen LogP contribution in [-0.2, 0) is 14.4 Å². The van der Waals surface area contributed by atoms with Crippen molar-refractivity contribution in [3.8, 4) is 0 Å². The standard InChI is InChI=1S/C18H19N3O3/c1-12-6-5-8-14(10-12)20-18(24)17(23)19-11-16(22)21-15-9-4-3-7-13(15)2/h3-10H,11H2,1-2H3,(H,19,23)(H,20,24)(H,21,22). The summed E-state index contributed by atoms with van der Waals surface area (Å²) in [6.07, 6.45) is 0. The molecule has 0 bridgehead atoms. The van der Waals surface area contributed by atoms with E-state index in [-0.39, 0.29) is 6.54 Å². The van der Waals surface area contributed by atoms with Gasteiger partial charge in [0.2, 0.25) is 5.91 Å². The normalized spacial score (nSPS) is 9.92. The minimum Gasteiger partial charge on any atom is -0.339 e. The number of carbonyl (C=O) groups is 3. The molecule has 0 atom stereocenters. The van der Waals surface area contributed by atoms with E-state index in [1.54, 1.807) is 30.3 Å². The Morgan fingerprint density at radius 1 is 0.875 bits per heavy atom. The number of hydrogen-bond acceptors (Lipinski definition) is 3. The Morgan fingerprint density at radius 3 is 2.33 bits per heavy atom. The van der Waals surface area contributed by atoms with Gasteiger partial charge in [0.25, 0.3) is 0 Å². The number of para-hydroxylation sites is 1. The maximum atomic E-state index is 11.8. The first-order chi connectivity index (χ1) is 11.5. The van der Waals surface area contributed by atoms with Gasteiger partial charge in [-0.3, -0.25) is 14.4 Å². The van der Waals surface area contributed by atoms with Crippen molar-refractivity contribution >= 4 is 29.1 Å². The number of nitrogens with one attached hydrogen (secondary N) is 3. The highest BCUT2D eigenvalue weighted by Crippen LogP contribution is 2.12. The van der Waals surface area contributed by atoms with Gasteiger partial charge in [-0.1, -0.05) is 30.3 Å². The zero-order valence-corrected chi connectivity index (χ0v) is 13.6. The third-order valence-electron chi connectivity index (χ3n) is 3.31. The molecule has 0 spiro atoms. The van der Waals surface area contributed by atoms with Crippen molar-refractivity contribution in [1.82, 2.24) is 5.32 Å².